The van der Waals surface area contributed by atoms with Gasteiger partial charge in [0.05, 0.1) is 16.6 Å². The molecule has 1 aromatic heterocycles. The van der Waals surface area contributed by atoms with E-state index >= 15 is 0 Å². The minimum Gasteiger partial charge on any atom is -0.325 e. The summed E-state index contributed by atoms with van der Waals surface area (Å²) in [7, 11) is 4.15. The lowest BCUT2D eigenvalue weighted by molar-refractivity contribution is -0.118. The number of H-pyrrole nitrogens is 1. The lowest BCUT2D eigenvalue weighted by atomic mass is 9.92. The molecule has 0 radical (unpaired) electrons. The Morgan fingerprint density at radius 2 is 1.80 bits per heavy atom. The lowest BCUT2D eigenvalue weighted by Gasteiger charge is -2.09. The largest absolute Gasteiger partial charge is 0.325 e. The van der Waals surface area contributed by atoms with Crippen LogP contribution in [-0.4, -0.2) is 35.1 Å². The molecule has 0 bridgehead atoms. The number of fused-ring (bicyclic) bond motifs is 3. The molecule has 2 atom stereocenters. The van der Waals surface area contributed by atoms with Crippen molar-refractivity contribution in [1.29, 1.82) is 0 Å². The number of hydrogen-bond donors (Lipinski definition) is 2. The first kappa shape index (κ1) is 23.1. The van der Waals surface area contributed by atoms with Gasteiger partial charge in [0.1, 0.15) is 0 Å². The summed E-state index contributed by atoms with van der Waals surface area (Å²) >= 11 is 0. The van der Waals surface area contributed by atoms with Crippen molar-refractivity contribution in [2.75, 3.05) is 19.4 Å². The van der Waals surface area contributed by atoms with Gasteiger partial charge >= 0.3 is 0 Å². The third-order valence-electron chi connectivity index (χ3n) is 6.95. The molecule has 2 N–H and O–H groups in total. The van der Waals surface area contributed by atoms with Crippen molar-refractivity contribution in [2.24, 2.45) is 0 Å². The molecule has 6 rings (SSSR count). The number of nitrogens with zero attached hydrogens (tertiary/aromatic N) is 2. The van der Waals surface area contributed by atoms with Crippen LogP contribution >= 0.6 is 0 Å². The van der Waals surface area contributed by atoms with E-state index in [1.807, 2.05) is 32.0 Å². The van der Waals surface area contributed by atoms with Gasteiger partial charge in [0, 0.05) is 23.5 Å². The Bertz CT molecular complexity index is 1400. The van der Waals surface area contributed by atoms with Gasteiger partial charge < -0.3 is 10.2 Å². The summed E-state index contributed by atoms with van der Waals surface area (Å²) in [5.74, 6) is 0.326. The van der Waals surface area contributed by atoms with E-state index in [4.69, 9.17) is 0 Å². The topological polar surface area (TPSA) is 61.0 Å². The fraction of sp³-hybridized carbons (Fsp3) is 0.267. The number of carbonyl (C=O) groups is 1. The lowest BCUT2D eigenvalue weighted by Crippen LogP contribution is -2.20. The molecule has 1 unspecified atom stereocenters. The van der Waals surface area contributed by atoms with Crippen molar-refractivity contribution in [3.8, 4) is 0 Å². The fourth-order valence-electron chi connectivity index (χ4n) is 5.23. The number of nitrogens with one attached hydrogen (secondary N) is 2. The minimum atomic E-state index is -0.411. The first-order chi connectivity index (χ1) is 17.0. The first-order valence-corrected chi connectivity index (χ1v) is 12.4. The van der Waals surface area contributed by atoms with Gasteiger partial charge in [-0.3, -0.25) is 9.89 Å². The van der Waals surface area contributed by atoms with E-state index in [-0.39, 0.29) is 11.8 Å². The summed E-state index contributed by atoms with van der Waals surface area (Å²) in [5, 5.41) is 11.9. The summed E-state index contributed by atoms with van der Waals surface area (Å²) in [6, 6.07) is 23.1. The molecule has 1 saturated carbocycles. The summed E-state index contributed by atoms with van der Waals surface area (Å²) in [4.78, 5) is 15.0. The average Bonchev–Trinajstić information content (AvgIpc) is 3.41. The number of benzene rings is 3. The van der Waals surface area contributed by atoms with Crippen molar-refractivity contribution >= 4 is 34.6 Å². The predicted molar refractivity (Wildman–Crippen MR) is 144 cm³/mol. The molecule has 4 aromatic rings. The van der Waals surface area contributed by atoms with E-state index in [0.29, 0.717) is 0 Å². The summed E-state index contributed by atoms with van der Waals surface area (Å²) in [6.45, 7) is 4.94. The van der Waals surface area contributed by atoms with Crippen LogP contribution in [0.2, 0.25) is 0 Å². The van der Waals surface area contributed by atoms with Crippen LogP contribution in [0.15, 0.2) is 66.7 Å². The van der Waals surface area contributed by atoms with Crippen LogP contribution in [0.5, 0.6) is 0 Å². The van der Waals surface area contributed by atoms with Gasteiger partial charge in [0.15, 0.2) is 0 Å². The van der Waals surface area contributed by atoms with Gasteiger partial charge in [-0.2, -0.15) is 5.10 Å². The molecule has 1 aliphatic carbocycles. The molecule has 178 valence electrons. The number of rotatable bonds is 5. The number of anilines is 1. The number of aromatic nitrogens is 2. The highest BCUT2D eigenvalue weighted by atomic mass is 16.2. The van der Waals surface area contributed by atoms with Gasteiger partial charge in [-0.15, -0.1) is 0 Å². The van der Waals surface area contributed by atoms with Gasteiger partial charge in [-0.25, -0.2) is 0 Å². The molecule has 5 nitrogen and oxygen atoms in total. The Morgan fingerprint density at radius 3 is 2.57 bits per heavy atom. The maximum Gasteiger partial charge on any atom is 0.235 e. The summed E-state index contributed by atoms with van der Waals surface area (Å²) in [6.07, 6.45) is 5.00. The molecular weight excluding hydrogens is 432 g/mol. The highest BCUT2D eigenvalue weighted by Crippen LogP contribution is 2.64. The number of carbonyl (C=O) groups excluding carboxylic acids is 1. The third kappa shape index (κ3) is 4.06. The van der Waals surface area contributed by atoms with Crippen molar-refractivity contribution in [3.63, 3.8) is 0 Å². The number of aromatic amines is 1. The molecular formula is C30H32N4O. The quantitative estimate of drug-likeness (QED) is 0.370. The van der Waals surface area contributed by atoms with Crippen LogP contribution < -0.4 is 5.32 Å². The Hall–Kier alpha value is -3.70. The van der Waals surface area contributed by atoms with Gasteiger partial charge in [-0.1, -0.05) is 74.5 Å². The van der Waals surface area contributed by atoms with E-state index in [1.54, 1.807) is 0 Å². The zero-order valence-electron chi connectivity index (χ0n) is 20.8. The van der Waals surface area contributed by atoms with E-state index in [1.165, 1.54) is 11.1 Å². The summed E-state index contributed by atoms with van der Waals surface area (Å²) in [5.41, 5.74) is 7.23. The van der Waals surface area contributed by atoms with Crippen molar-refractivity contribution in [2.45, 2.75) is 38.1 Å². The van der Waals surface area contributed by atoms with Crippen molar-refractivity contribution in [1.82, 2.24) is 15.1 Å². The molecule has 1 fully saturated rings. The first-order valence-electron chi connectivity index (χ1n) is 12.4. The second-order valence-electron chi connectivity index (χ2n) is 9.45. The second-order valence-corrected chi connectivity index (χ2v) is 9.45. The highest BCUT2D eigenvalue weighted by Gasteiger charge is 2.65. The molecule has 3 aromatic carbocycles. The highest BCUT2D eigenvalue weighted by molar-refractivity contribution is 6.09. The number of hydrogen-bond acceptors (Lipinski definition) is 3. The second kappa shape index (κ2) is 9.16. The monoisotopic (exact) mass is 464 g/mol. The van der Waals surface area contributed by atoms with E-state index in [9.17, 15) is 4.79 Å². The van der Waals surface area contributed by atoms with Crippen molar-refractivity contribution in [3.05, 3.63) is 94.7 Å². The zero-order chi connectivity index (χ0) is 24.6. The van der Waals surface area contributed by atoms with Gasteiger partial charge in [-0.05, 0) is 61.0 Å². The molecule has 1 aliphatic heterocycles. The third-order valence-corrected chi connectivity index (χ3v) is 6.95. The average molecular weight is 465 g/mol. The number of para-hydroxylation sites is 1. The normalized spacial score (nSPS) is 20.3. The Balaban J connectivity index is 0.00000124. The van der Waals surface area contributed by atoms with Crippen LogP contribution in [0.3, 0.4) is 0 Å². The minimum absolute atomic E-state index is 0.124. The summed E-state index contributed by atoms with van der Waals surface area (Å²) < 4.78 is 0. The van der Waals surface area contributed by atoms with Crippen molar-refractivity contribution < 1.29 is 4.79 Å². The van der Waals surface area contributed by atoms with E-state index in [0.717, 1.165) is 46.4 Å². The maximum absolute atomic E-state index is 12.8. The molecule has 2 heterocycles. The maximum atomic E-state index is 12.8. The molecule has 0 saturated heterocycles. The van der Waals surface area contributed by atoms with Crippen LogP contribution in [0.4, 0.5) is 5.69 Å². The standard InChI is InChI=1S/C28H26N4O.C2H6/c1-32(2)17-19-9-7-18(8-10-19)11-14-24-21-13-12-20(15-26(21)31-30-24)23-16-28(23)22-5-3-4-6-25(22)29-27(28)33;1-2/h3-15,23H,16-17H2,1-2H3,(H,29,33)(H,30,31);1-2H3/b14-11+;/t23?,28-;/m0./s1. The van der Waals surface area contributed by atoms with Crippen LogP contribution in [0.1, 0.15) is 54.1 Å². The van der Waals surface area contributed by atoms with E-state index < -0.39 is 5.41 Å². The SMILES string of the molecule is CC.CN(C)Cc1ccc(/C=C/c2n[nH]c3cc(C4C[C@@]45C(=O)Nc4ccccc45)ccc23)cc1. The van der Waals surface area contributed by atoms with Gasteiger partial charge in [0.2, 0.25) is 5.91 Å². The van der Waals surface area contributed by atoms with Crippen LogP contribution in [0.25, 0.3) is 23.1 Å². The smallest absolute Gasteiger partial charge is 0.235 e. The Morgan fingerprint density at radius 1 is 1.03 bits per heavy atom. The molecule has 1 amide bonds. The molecule has 2 aliphatic rings. The zero-order valence-corrected chi connectivity index (χ0v) is 20.8. The Kier molecular flexibility index (Phi) is 6.03. The molecule has 35 heavy (non-hydrogen) atoms. The number of amides is 1. The Labute approximate surface area is 206 Å². The van der Waals surface area contributed by atoms with Crippen LogP contribution in [-0.2, 0) is 16.8 Å². The van der Waals surface area contributed by atoms with Gasteiger partial charge in [0.25, 0.3) is 0 Å². The van der Waals surface area contributed by atoms with Crippen LogP contribution in [0, 0.1) is 0 Å². The molecule has 1 spiro atoms. The fourth-order valence-corrected chi connectivity index (χ4v) is 5.23. The van der Waals surface area contributed by atoms with E-state index in [2.05, 4.69) is 95.2 Å². The predicted octanol–water partition coefficient (Wildman–Crippen LogP) is 6.20. The molecule has 5 heteroatoms.